The Hall–Kier alpha value is -1.47. The van der Waals surface area contributed by atoms with Crippen molar-refractivity contribution in [1.29, 1.82) is 0 Å². The van der Waals surface area contributed by atoms with Crippen LogP contribution in [0, 0.1) is 0 Å². The molecule has 0 unspecified atom stereocenters. The third-order valence-electron chi connectivity index (χ3n) is 3.66. The molecule has 3 heterocycles. The van der Waals surface area contributed by atoms with Gasteiger partial charge in [0.2, 0.25) is 5.65 Å². The van der Waals surface area contributed by atoms with Gasteiger partial charge >= 0.3 is 7.12 Å². The van der Waals surface area contributed by atoms with Crippen LogP contribution in [-0.2, 0) is 9.31 Å². The van der Waals surface area contributed by atoms with Gasteiger partial charge < -0.3 is 9.31 Å². The van der Waals surface area contributed by atoms with Crippen LogP contribution in [0.1, 0.15) is 27.7 Å². The van der Waals surface area contributed by atoms with E-state index in [9.17, 15) is 0 Å². The standard InChI is InChI=1S/C11H14BN3O3/c1-10(2)11(3,4)17-12(16-10)7-5-8-9(13-6-7)15-18-14-8/h5-6H,1-4H3. The van der Waals surface area contributed by atoms with Crippen molar-refractivity contribution in [3.63, 3.8) is 0 Å². The summed E-state index contributed by atoms with van der Waals surface area (Å²) in [4.78, 5) is 4.15. The summed E-state index contributed by atoms with van der Waals surface area (Å²) in [5.74, 6) is 0. The average molecular weight is 247 g/mol. The Labute approximate surface area is 105 Å². The molecule has 1 aliphatic rings. The van der Waals surface area contributed by atoms with E-state index < -0.39 is 7.12 Å². The van der Waals surface area contributed by atoms with Gasteiger partial charge in [0.05, 0.1) is 11.2 Å². The monoisotopic (exact) mass is 247 g/mol. The Kier molecular flexibility index (Phi) is 2.27. The lowest BCUT2D eigenvalue weighted by molar-refractivity contribution is 0.00578. The Morgan fingerprint density at radius 1 is 1.06 bits per heavy atom. The Morgan fingerprint density at radius 2 is 1.72 bits per heavy atom. The molecule has 0 spiro atoms. The Bertz CT molecular complexity index is 580. The lowest BCUT2D eigenvalue weighted by Gasteiger charge is -2.32. The van der Waals surface area contributed by atoms with Crippen LogP contribution in [0.15, 0.2) is 16.9 Å². The summed E-state index contributed by atoms with van der Waals surface area (Å²) >= 11 is 0. The van der Waals surface area contributed by atoms with Crippen molar-refractivity contribution in [1.82, 2.24) is 15.3 Å². The van der Waals surface area contributed by atoms with Crippen molar-refractivity contribution in [2.75, 3.05) is 0 Å². The van der Waals surface area contributed by atoms with Gasteiger partial charge in [0.15, 0.2) is 5.52 Å². The van der Waals surface area contributed by atoms with E-state index in [0.29, 0.717) is 11.2 Å². The minimum atomic E-state index is -0.441. The number of rotatable bonds is 1. The van der Waals surface area contributed by atoms with Crippen molar-refractivity contribution in [3.05, 3.63) is 12.3 Å². The molecule has 2 aromatic rings. The van der Waals surface area contributed by atoms with E-state index in [1.807, 2.05) is 33.8 Å². The number of aromatic nitrogens is 3. The van der Waals surface area contributed by atoms with Crippen LogP contribution in [-0.4, -0.2) is 33.6 Å². The third kappa shape index (κ3) is 1.62. The van der Waals surface area contributed by atoms with E-state index in [1.165, 1.54) is 0 Å². The second-order valence-corrected chi connectivity index (χ2v) is 5.46. The van der Waals surface area contributed by atoms with Gasteiger partial charge in [-0.3, -0.25) is 0 Å². The topological polar surface area (TPSA) is 70.3 Å². The maximum atomic E-state index is 5.93. The molecule has 7 heteroatoms. The molecule has 0 N–H and O–H groups in total. The van der Waals surface area contributed by atoms with Crippen molar-refractivity contribution in [2.45, 2.75) is 38.9 Å². The van der Waals surface area contributed by atoms with Gasteiger partial charge in [0, 0.05) is 11.7 Å². The number of hydrogen-bond acceptors (Lipinski definition) is 6. The maximum absolute atomic E-state index is 5.93. The van der Waals surface area contributed by atoms with Crippen LogP contribution in [0.5, 0.6) is 0 Å². The molecule has 0 aliphatic carbocycles. The van der Waals surface area contributed by atoms with E-state index in [-0.39, 0.29) is 11.2 Å². The largest absolute Gasteiger partial charge is 0.496 e. The van der Waals surface area contributed by atoms with Crippen LogP contribution in [0.4, 0.5) is 0 Å². The molecule has 1 saturated heterocycles. The molecule has 2 aromatic heterocycles. The van der Waals surface area contributed by atoms with Crippen molar-refractivity contribution < 1.29 is 13.9 Å². The average Bonchev–Trinajstić information content (AvgIpc) is 2.80. The first-order valence-corrected chi connectivity index (χ1v) is 5.83. The molecular weight excluding hydrogens is 233 g/mol. The molecule has 6 nitrogen and oxygen atoms in total. The highest BCUT2D eigenvalue weighted by molar-refractivity contribution is 6.62. The molecule has 3 rings (SSSR count). The van der Waals surface area contributed by atoms with E-state index in [0.717, 1.165) is 5.46 Å². The minimum absolute atomic E-state index is 0.366. The van der Waals surface area contributed by atoms with Crippen molar-refractivity contribution in [3.8, 4) is 0 Å². The second-order valence-electron chi connectivity index (χ2n) is 5.46. The summed E-state index contributed by atoms with van der Waals surface area (Å²) in [6.07, 6.45) is 1.68. The molecule has 18 heavy (non-hydrogen) atoms. The number of nitrogens with zero attached hydrogens (tertiary/aromatic N) is 3. The maximum Gasteiger partial charge on any atom is 0.496 e. The number of pyridine rings is 1. The molecule has 0 amide bonds. The van der Waals surface area contributed by atoms with Gasteiger partial charge in [-0.1, -0.05) is 0 Å². The number of hydrogen-bond donors (Lipinski definition) is 0. The first-order valence-electron chi connectivity index (χ1n) is 5.83. The van der Waals surface area contributed by atoms with E-state index >= 15 is 0 Å². The molecule has 0 radical (unpaired) electrons. The highest BCUT2D eigenvalue weighted by Crippen LogP contribution is 2.36. The molecular formula is C11H14BN3O3. The van der Waals surface area contributed by atoms with E-state index in [2.05, 4.69) is 19.9 Å². The summed E-state index contributed by atoms with van der Waals surface area (Å²) in [5, 5.41) is 7.43. The van der Waals surface area contributed by atoms with E-state index in [1.54, 1.807) is 6.20 Å². The van der Waals surface area contributed by atoms with Crippen LogP contribution in [0.2, 0.25) is 0 Å². The normalized spacial score (nSPS) is 21.7. The zero-order valence-electron chi connectivity index (χ0n) is 10.8. The van der Waals surface area contributed by atoms with Gasteiger partial charge in [-0.15, -0.1) is 0 Å². The van der Waals surface area contributed by atoms with Crippen LogP contribution in [0.3, 0.4) is 0 Å². The van der Waals surface area contributed by atoms with Crippen LogP contribution in [0.25, 0.3) is 11.2 Å². The predicted octanol–water partition coefficient (Wildman–Crippen LogP) is 0.917. The predicted molar refractivity (Wildman–Crippen MR) is 65.3 cm³/mol. The SMILES string of the molecule is CC1(C)OB(c2cnc3nonc3c2)OC1(C)C. The van der Waals surface area contributed by atoms with Crippen molar-refractivity contribution in [2.24, 2.45) is 0 Å². The molecule has 0 saturated carbocycles. The van der Waals surface area contributed by atoms with Gasteiger partial charge in [-0.05, 0) is 44.1 Å². The third-order valence-corrected chi connectivity index (χ3v) is 3.66. The Balaban J connectivity index is 1.96. The highest BCUT2D eigenvalue weighted by atomic mass is 16.7. The summed E-state index contributed by atoms with van der Waals surface area (Å²) in [7, 11) is -0.441. The lowest BCUT2D eigenvalue weighted by Crippen LogP contribution is -2.41. The molecule has 1 fully saturated rings. The smallest absolute Gasteiger partial charge is 0.399 e. The van der Waals surface area contributed by atoms with Gasteiger partial charge in [0.1, 0.15) is 0 Å². The minimum Gasteiger partial charge on any atom is -0.399 e. The molecule has 94 valence electrons. The Morgan fingerprint density at radius 3 is 2.39 bits per heavy atom. The van der Waals surface area contributed by atoms with E-state index in [4.69, 9.17) is 9.31 Å². The summed E-state index contributed by atoms with van der Waals surface area (Å²) in [6, 6.07) is 1.82. The van der Waals surface area contributed by atoms with Crippen LogP contribution >= 0.6 is 0 Å². The zero-order valence-corrected chi connectivity index (χ0v) is 10.8. The van der Waals surface area contributed by atoms with Gasteiger partial charge in [0.25, 0.3) is 0 Å². The fourth-order valence-corrected chi connectivity index (χ4v) is 1.81. The fourth-order valence-electron chi connectivity index (χ4n) is 1.81. The fraction of sp³-hybridized carbons (Fsp3) is 0.545. The summed E-state index contributed by atoms with van der Waals surface area (Å²) in [6.45, 7) is 8.04. The quantitative estimate of drug-likeness (QED) is 0.697. The molecule has 0 atom stereocenters. The lowest BCUT2D eigenvalue weighted by atomic mass is 9.80. The molecule has 1 aliphatic heterocycles. The van der Waals surface area contributed by atoms with Crippen molar-refractivity contribution >= 4 is 23.7 Å². The summed E-state index contributed by atoms with van der Waals surface area (Å²) < 4.78 is 16.5. The first-order chi connectivity index (χ1) is 8.39. The molecule has 0 bridgehead atoms. The number of fused-ring (bicyclic) bond motifs is 1. The summed E-state index contributed by atoms with van der Waals surface area (Å²) in [5.41, 5.74) is 1.16. The first kappa shape index (κ1) is 11.6. The van der Waals surface area contributed by atoms with Crippen LogP contribution < -0.4 is 5.46 Å². The van der Waals surface area contributed by atoms with Gasteiger partial charge in [-0.25, -0.2) is 9.61 Å². The second kappa shape index (κ2) is 3.52. The molecule has 0 aromatic carbocycles. The highest BCUT2D eigenvalue weighted by Gasteiger charge is 2.51. The zero-order chi connectivity index (χ0) is 13.0. The van der Waals surface area contributed by atoms with Gasteiger partial charge in [-0.2, -0.15) is 0 Å².